The summed E-state index contributed by atoms with van der Waals surface area (Å²) in [4.78, 5) is 12.4. The van der Waals surface area contributed by atoms with E-state index in [4.69, 9.17) is 16.3 Å². The molecule has 2 aliphatic rings. The van der Waals surface area contributed by atoms with Crippen molar-refractivity contribution in [3.05, 3.63) is 64.7 Å². The second kappa shape index (κ2) is 7.96. The Labute approximate surface area is 170 Å². The van der Waals surface area contributed by atoms with Gasteiger partial charge in [0.1, 0.15) is 12.4 Å². The van der Waals surface area contributed by atoms with Crippen LogP contribution in [-0.4, -0.2) is 12.1 Å². The fourth-order valence-corrected chi connectivity index (χ4v) is 4.71. The van der Waals surface area contributed by atoms with Crippen molar-refractivity contribution >= 4 is 23.7 Å². The Kier molecular flexibility index (Phi) is 5.40. The average molecular weight is 397 g/mol. The molecule has 5 heteroatoms. The number of halogens is 1. The van der Waals surface area contributed by atoms with Gasteiger partial charge in [0.2, 0.25) is 5.91 Å². The summed E-state index contributed by atoms with van der Waals surface area (Å²) in [5.74, 6) is 1.50. The quantitative estimate of drug-likeness (QED) is 0.539. The van der Waals surface area contributed by atoms with Gasteiger partial charge in [0.15, 0.2) is 0 Å². The lowest BCUT2D eigenvalue weighted by Gasteiger charge is -2.15. The fourth-order valence-electron chi connectivity index (χ4n) is 4.52. The van der Waals surface area contributed by atoms with Crippen LogP contribution in [0.2, 0.25) is 5.02 Å². The molecule has 1 amide bonds. The minimum Gasteiger partial charge on any atom is -0.489 e. The monoisotopic (exact) mass is 396 g/mol. The molecule has 4 rings (SSSR count). The standard InChI is InChI=1S/C23H25ClN2O2/c1-23-13-5-4-7-19(23)21(23)22(27)26-25-14-16-9-11-18(12-10-16)28-15-17-6-2-3-8-20(17)24/h2-3,6,8-12,14,19,21H,4-5,7,13,15H2,1H3,(H,26,27)/b25-14-/t19-,21-,23-/m0/s1. The Balaban J connectivity index is 1.27. The van der Waals surface area contributed by atoms with Crippen LogP contribution in [-0.2, 0) is 11.4 Å². The zero-order valence-corrected chi connectivity index (χ0v) is 16.8. The van der Waals surface area contributed by atoms with Crippen molar-refractivity contribution in [2.24, 2.45) is 22.4 Å². The van der Waals surface area contributed by atoms with E-state index in [9.17, 15) is 4.79 Å². The van der Waals surface area contributed by atoms with Crippen molar-refractivity contribution in [2.45, 2.75) is 39.2 Å². The first-order valence-corrected chi connectivity index (χ1v) is 10.2. The highest BCUT2D eigenvalue weighted by atomic mass is 35.5. The van der Waals surface area contributed by atoms with Gasteiger partial charge in [-0.25, -0.2) is 5.43 Å². The van der Waals surface area contributed by atoms with Crippen LogP contribution in [0.1, 0.15) is 43.7 Å². The van der Waals surface area contributed by atoms with Crippen LogP contribution < -0.4 is 10.2 Å². The number of hydrazone groups is 1. The number of hydrogen-bond donors (Lipinski definition) is 1. The van der Waals surface area contributed by atoms with Gasteiger partial charge in [-0.15, -0.1) is 0 Å². The third kappa shape index (κ3) is 3.93. The van der Waals surface area contributed by atoms with Crippen molar-refractivity contribution in [1.82, 2.24) is 5.43 Å². The molecule has 2 aliphatic carbocycles. The van der Waals surface area contributed by atoms with Crippen LogP contribution in [0.5, 0.6) is 5.75 Å². The lowest BCUT2D eigenvalue weighted by atomic mass is 9.90. The van der Waals surface area contributed by atoms with Gasteiger partial charge in [0.25, 0.3) is 0 Å². The van der Waals surface area contributed by atoms with E-state index in [1.807, 2.05) is 48.5 Å². The van der Waals surface area contributed by atoms with Crippen molar-refractivity contribution in [2.75, 3.05) is 0 Å². The van der Waals surface area contributed by atoms with Crippen molar-refractivity contribution in [3.8, 4) is 5.75 Å². The molecule has 1 N–H and O–H groups in total. The predicted octanol–water partition coefficient (Wildman–Crippen LogP) is 5.20. The molecule has 0 spiro atoms. The van der Waals surface area contributed by atoms with Gasteiger partial charge in [0.05, 0.1) is 6.21 Å². The molecule has 0 aromatic heterocycles. The minimum atomic E-state index is 0.0605. The van der Waals surface area contributed by atoms with Gasteiger partial charge in [-0.3, -0.25) is 4.79 Å². The lowest BCUT2D eigenvalue weighted by Crippen LogP contribution is -2.22. The maximum absolute atomic E-state index is 12.4. The Bertz CT molecular complexity index is 880. The summed E-state index contributed by atoms with van der Waals surface area (Å²) in [7, 11) is 0. The molecule has 2 saturated carbocycles. The molecule has 28 heavy (non-hydrogen) atoms. The second-order valence-corrected chi connectivity index (χ2v) is 8.43. The molecule has 2 aromatic carbocycles. The first-order valence-electron chi connectivity index (χ1n) is 9.87. The molecular weight excluding hydrogens is 372 g/mol. The maximum atomic E-state index is 12.4. The Morgan fingerprint density at radius 2 is 2.04 bits per heavy atom. The number of carbonyl (C=O) groups is 1. The van der Waals surface area contributed by atoms with Gasteiger partial charge in [-0.2, -0.15) is 5.10 Å². The number of amides is 1. The largest absolute Gasteiger partial charge is 0.489 e. The molecule has 3 atom stereocenters. The predicted molar refractivity (Wildman–Crippen MR) is 112 cm³/mol. The smallest absolute Gasteiger partial charge is 0.244 e. The minimum absolute atomic E-state index is 0.0605. The normalized spacial score (nSPS) is 25.9. The molecule has 2 fully saturated rings. The summed E-state index contributed by atoms with van der Waals surface area (Å²) in [6.45, 7) is 2.66. The van der Waals surface area contributed by atoms with E-state index >= 15 is 0 Å². The maximum Gasteiger partial charge on any atom is 0.244 e. The Morgan fingerprint density at radius 1 is 1.25 bits per heavy atom. The van der Waals surface area contributed by atoms with Crippen LogP contribution in [0.25, 0.3) is 0 Å². The number of rotatable bonds is 6. The number of nitrogens with one attached hydrogen (secondary N) is 1. The highest BCUT2D eigenvalue weighted by Crippen LogP contribution is 2.66. The van der Waals surface area contributed by atoms with Gasteiger partial charge >= 0.3 is 0 Å². The van der Waals surface area contributed by atoms with Crippen LogP contribution in [0.4, 0.5) is 0 Å². The number of ether oxygens (including phenoxy) is 1. The van der Waals surface area contributed by atoms with Crippen LogP contribution >= 0.6 is 11.6 Å². The highest BCUT2D eigenvalue weighted by molar-refractivity contribution is 6.31. The first-order chi connectivity index (χ1) is 13.6. The summed E-state index contributed by atoms with van der Waals surface area (Å²) >= 11 is 6.14. The number of fused-ring (bicyclic) bond motifs is 1. The summed E-state index contributed by atoms with van der Waals surface area (Å²) in [6, 6.07) is 15.2. The molecule has 0 saturated heterocycles. The Hall–Kier alpha value is -2.33. The first kappa shape index (κ1) is 19.0. The molecule has 0 radical (unpaired) electrons. The molecule has 0 unspecified atom stereocenters. The molecule has 0 bridgehead atoms. The summed E-state index contributed by atoms with van der Waals surface area (Å²) in [6.07, 6.45) is 6.50. The SMILES string of the molecule is C[C@]12CCCC[C@H]1[C@H]2C(=O)N/N=C\c1ccc(OCc2ccccc2Cl)cc1. The third-order valence-corrected chi connectivity index (χ3v) is 6.60. The van der Waals surface area contributed by atoms with E-state index in [-0.39, 0.29) is 17.2 Å². The van der Waals surface area contributed by atoms with Crippen molar-refractivity contribution < 1.29 is 9.53 Å². The lowest BCUT2D eigenvalue weighted by molar-refractivity contribution is -0.123. The van der Waals surface area contributed by atoms with E-state index in [2.05, 4.69) is 17.5 Å². The number of hydrogen-bond acceptors (Lipinski definition) is 3. The topological polar surface area (TPSA) is 50.7 Å². The molecular formula is C23H25ClN2O2. The number of carbonyl (C=O) groups excluding carboxylic acids is 1. The van der Waals surface area contributed by atoms with Crippen molar-refractivity contribution in [1.29, 1.82) is 0 Å². The molecule has 0 heterocycles. The molecule has 2 aromatic rings. The van der Waals surface area contributed by atoms with Gasteiger partial charge < -0.3 is 4.74 Å². The zero-order chi connectivity index (χ0) is 19.6. The van der Waals surface area contributed by atoms with E-state index in [0.29, 0.717) is 17.5 Å². The summed E-state index contributed by atoms with van der Waals surface area (Å²) in [5, 5.41) is 4.84. The van der Waals surface area contributed by atoms with Gasteiger partial charge in [0, 0.05) is 16.5 Å². The van der Waals surface area contributed by atoms with E-state index < -0.39 is 0 Å². The summed E-state index contributed by atoms with van der Waals surface area (Å²) < 4.78 is 5.78. The van der Waals surface area contributed by atoms with Crippen LogP contribution in [0.15, 0.2) is 53.6 Å². The number of nitrogens with zero attached hydrogens (tertiary/aromatic N) is 1. The summed E-state index contributed by atoms with van der Waals surface area (Å²) in [5.41, 5.74) is 4.79. The highest BCUT2D eigenvalue weighted by Gasteiger charge is 2.64. The third-order valence-electron chi connectivity index (χ3n) is 6.23. The van der Waals surface area contributed by atoms with E-state index in [1.165, 1.54) is 19.3 Å². The average Bonchev–Trinajstić information content (AvgIpc) is 3.34. The Morgan fingerprint density at radius 3 is 2.75 bits per heavy atom. The fraction of sp³-hybridized carbons (Fsp3) is 0.391. The van der Waals surface area contributed by atoms with Gasteiger partial charge in [-0.1, -0.05) is 49.6 Å². The molecule has 0 aliphatic heterocycles. The van der Waals surface area contributed by atoms with Crippen LogP contribution in [0.3, 0.4) is 0 Å². The molecule has 146 valence electrons. The number of benzene rings is 2. The zero-order valence-electron chi connectivity index (χ0n) is 16.0. The van der Waals surface area contributed by atoms with Crippen molar-refractivity contribution in [3.63, 3.8) is 0 Å². The molecule has 4 nitrogen and oxygen atoms in total. The van der Waals surface area contributed by atoms with Gasteiger partial charge in [-0.05, 0) is 60.1 Å². The van der Waals surface area contributed by atoms with E-state index in [1.54, 1.807) is 6.21 Å². The van der Waals surface area contributed by atoms with E-state index in [0.717, 1.165) is 23.3 Å². The second-order valence-electron chi connectivity index (χ2n) is 8.02. The van der Waals surface area contributed by atoms with Crippen LogP contribution in [0, 0.1) is 17.3 Å².